The van der Waals surface area contributed by atoms with Gasteiger partial charge in [0.25, 0.3) is 23.6 Å². The summed E-state index contributed by atoms with van der Waals surface area (Å²) in [6.45, 7) is -7.13. The van der Waals surface area contributed by atoms with E-state index >= 15 is 0 Å². The van der Waals surface area contributed by atoms with Gasteiger partial charge >= 0.3 is 26.4 Å². The topological polar surface area (TPSA) is 485 Å². The summed E-state index contributed by atoms with van der Waals surface area (Å²) in [7, 11) is -6.66. The first-order chi connectivity index (χ1) is 66.1. The van der Waals surface area contributed by atoms with Crippen molar-refractivity contribution in [2.75, 3.05) is 47.2 Å². The predicted molar refractivity (Wildman–Crippen MR) is 483 cm³/mol. The number of carbonyl (C=O) groups excluding carboxylic acids is 4. The minimum atomic E-state index is -3.73. The number of aryl methyl sites for hydroxylation is 4. The molecular weight excluding hydrogens is 1920 g/mol. The van der Waals surface area contributed by atoms with E-state index in [9.17, 15) is 88.0 Å². The molecule has 4 N–H and O–H groups in total. The van der Waals surface area contributed by atoms with E-state index in [0.717, 1.165) is 18.6 Å². The largest absolute Gasteiger partial charge is 0.434 e. The van der Waals surface area contributed by atoms with Gasteiger partial charge in [-0.05, 0) is 137 Å². The van der Waals surface area contributed by atoms with Crippen LogP contribution in [0.25, 0.3) is 67.6 Å². The maximum atomic E-state index is 13.2. The number of fused-ring (bicyclic) bond motifs is 4. The third-order valence-corrected chi connectivity index (χ3v) is 29.9. The van der Waals surface area contributed by atoms with Gasteiger partial charge in [-0.2, -0.15) is 75.9 Å². The fraction of sp³-hybridized carbons (Fsp3) is 0.256. The first-order valence-corrected chi connectivity index (χ1v) is 48.0. The average molecular weight is 2000 g/mol. The molecule has 0 bridgehead atoms. The third kappa shape index (κ3) is 21.4. The highest BCUT2D eigenvalue weighted by molar-refractivity contribution is 7.93. The molecule has 0 radical (unpaired) electrons. The zero-order chi connectivity index (χ0) is 99.4. The molecule has 1 aliphatic carbocycles. The Morgan fingerprint density at radius 1 is 0.396 bits per heavy atom. The lowest BCUT2D eigenvalue weighted by Crippen LogP contribution is -2.52. The molecule has 139 heavy (non-hydrogen) atoms. The van der Waals surface area contributed by atoms with Crippen molar-refractivity contribution in [1.29, 1.82) is 0 Å². The molecule has 0 atom stereocenters. The normalized spacial score (nSPS) is 13.2. The molecule has 16 aromatic rings. The Morgan fingerprint density at radius 2 is 0.669 bits per heavy atom. The van der Waals surface area contributed by atoms with Crippen LogP contribution in [0.15, 0.2) is 216 Å². The number of hydrogen-bond donors (Lipinski definition) is 4. The monoisotopic (exact) mass is 2000 g/mol. The number of ether oxygens (including phenoxy) is 4. The number of carbonyl (C=O) groups is 4. The molecule has 0 unspecified atom stereocenters. The molecular formula is C86H81F8N25O16S4. The quantitative estimate of drug-likeness (QED) is 0.0316. The van der Waals surface area contributed by atoms with Crippen molar-refractivity contribution < 1.29 is 107 Å². The highest BCUT2D eigenvalue weighted by Crippen LogP contribution is 2.44. The highest BCUT2D eigenvalue weighted by Gasteiger charge is 2.39. The van der Waals surface area contributed by atoms with Crippen molar-refractivity contribution in [2.45, 2.75) is 108 Å². The van der Waals surface area contributed by atoms with Crippen LogP contribution < -0.4 is 40.2 Å². The van der Waals surface area contributed by atoms with Crippen LogP contribution in [0.1, 0.15) is 87.9 Å². The number of nitrogens with zero attached hydrogens (tertiary/aromatic N) is 21. The van der Waals surface area contributed by atoms with E-state index in [0.29, 0.717) is 54.9 Å². The second kappa shape index (κ2) is 40.4. The second-order valence-corrected chi connectivity index (χ2v) is 40.5. The molecule has 1 saturated heterocycles. The van der Waals surface area contributed by atoms with Gasteiger partial charge in [0, 0.05) is 138 Å². The lowest BCUT2D eigenvalue weighted by atomic mass is 10.00. The van der Waals surface area contributed by atoms with Crippen LogP contribution in [0.3, 0.4) is 0 Å². The first kappa shape index (κ1) is 98.0. The van der Waals surface area contributed by atoms with Gasteiger partial charge in [-0.25, -0.2) is 71.7 Å². The Balaban J connectivity index is 0.000000140. The fourth-order valence-corrected chi connectivity index (χ4v) is 20.8. The Morgan fingerprint density at radius 3 is 0.935 bits per heavy atom. The first-order valence-electron chi connectivity index (χ1n) is 41.7. The number of halogens is 8. The van der Waals surface area contributed by atoms with Crippen LogP contribution in [0.2, 0.25) is 0 Å². The van der Waals surface area contributed by atoms with E-state index in [-0.39, 0.29) is 138 Å². The number of aromatic nitrogens is 20. The number of amides is 4. The zero-order valence-electron chi connectivity index (χ0n) is 74.0. The Labute approximate surface area is 783 Å². The van der Waals surface area contributed by atoms with Crippen molar-refractivity contribution in [1.82, 2.24) is 102 Å². The minimum Gasteiger partial charge on any atom is -0.434 e. The molecule has 4 amide bonds. The maximum Gasteiger partial charge on any atom is 0.387 e. The van der Waals surface area contributed by atoms with Crippen LogP contribution in [0.4, 0.5) is 57.9 Å². The number of hydrogen-bond acceptors (Lipinski definition) is 29. The van der Waals surface area contributed by atoms with Crippen LogP contribution in [0.5, 0.6) is 23.0 Å². The van der Waals surface area contributed by atoms with Gasteiger partial charge in [0.2, 0.25) is 0 Å². The summed E-state index contributed by atoms with van der Waals surface area (Å²) >= 11 is 0. The smallest absolute Gasteiger partial charge is 0.387 e. The Bertz CT molecular complexity index is 7850. The summed E-state index contributed by atoms with van der Waals surface area (Å²) < 4.78 is 237. The molecule has 2 fully saturated rings. The summed E-state index contributed by atoms with van der Waals surface area (Å²) in [6.07, 6.45) is 26.1. The molecule has 2 aliphatic rings. The van der Waals surface area contributed by atoms with E-state index in [2.05, 4.69) is 101 Å². The molecule has 13 heterocycles. The number of likely N-dealkylation sites (tertiary alicyclic amines) is 1. The molecule has 41 nitrogen and oxygen atoms in total. The molecule has 1 saturated carbocycles. The van der Waals surface area contributed by atoms with Crippen molar-refractivity contribution in [3.05, 3.63) is 218 Å². The third-order valence-electron chi connectivity index (χ3n) is 21.5. The lowest BCUT2D eigenvalue weighted by Gasteiger charge is -2.35. The Hall–Kier alpha value is -15.5. The van der Waals surface area contributed by atoms with Crippen LogP contribution in [-0.2, 0) is 67.5 Å². The van der Waals surface area contributed by atoms with Crippen LogP contribution >= 0.6 is 0 Å². The average Bonchev–Trinajstić information content (AvgIpc) is 1.77. The predicted octanol–water partition coefficient (Wildman–Crippen LogP) is 11.7. The molecule has 1 aliphatic heterocycles. The van der Waals surface area contributed by atoms with Crippen LogP contribution in [-0.4, -0.2) is 228 Å². The van der Waals surface area contributed by atoms with Gasteiger partial charge in [-0.15, -0.1) is 0 Å². The molecule has 0 spiro atoms. The van der Waals surface area contributed by atoms with Crippen LogP contribution in [0, 0.1) is 0 Å². The number of sulfone groups is 4. The lowest BCUT2D eigenvalue weighted by molar-refractivity contribution is -0.0501. The fourth-order valence-electron chi connectivity index (χ4n) is 14.7. The number of rotatable bonds is 29. The van der Waals surface area contributed by atoms with Crippen molar-refractivity contribution in [3.8, 4) is 68.0 Å². The number of anilines is 4. The SMILES string of the molecule is CC(C)S(=O)(=O)c1ccc(OC(F)F)c(-c2nn(C)cc2NC(=O)c2cnn3cccnc23)c1.CCCS(=O)(=O)c1ccc(OC(F)F)c(-c2nn(C)cc2NC(=O)c2cnn3cccnc23)c1.CN1CC(S(=O)(=O)c2ccc(OC(F)F)c(-c3nn(C)cc3NC(=O)c3cnn4cccnc34)c2)C1.Cn1cc(NC(=O)c2cnn3cccnc23)c(-c2cc(S(=O)(=O)C3CCC3)ccc2OC(F)F)n1. The van der Waals surface area contributed by atoms with E-state index in [1.807, 2.05) is 4.90 Å². The van der Waals surface area contributed by atoms with E-state index in [1.165, 1.54) is 186 Å². The van der Waals surface area contributed by atoms with Gasteiger partial charge in [-0.3, -0.25) is 37.9 Å². The minimum absolute atomic E-state index is 0.00191. The van der Waals surface area contributed by atoms with Crippen molar-refractivity contribution >= 4 is 108 Å². The van der Waals surface area contributed by atoms with Crippen molar-refractivity contribution in [3.63, 3.8) is 0 Å². The van der Waals surface area contributed by atoms with E-state index in [1.54, 1.807) is 91.2 Å². The van der Waals surface area contributed by atoms with Gasteiger partial charge < -0.3 is 45.1 Å². The summed E-state index contributed by atoms with van der Waals surface area (Å²) in [6, 6.07) is 21.1. The summed E-state index contributed by atoms with van der Waals surface area (Å²) in [5.74, 6) is -3.46. The van der Waals surface area contributed by atoms with E-state index < -0.39 is 105 Å². The summed E-state index contributed by atoms with van der Waals surface area (Å²) in [4.78, 5) is 70.2. The van der Waals surface area contributed by atoms with Gasteiger partial charge in [0.1, 0.15) is 68.0 Å². The maximum absolute atomic E-state index is 13.2. The molecule has 4 aromatic carbocycles. The molecule has 18 rings (SSSR count). The molecule has 726 valence electrons. The second-order valence-electron chi connectivity index (χ2n) is 31.4. The van der Waals surface area contributed by atoms with Gasteiger partial charge in [-0.1, -0.05) is 13.3 Å². The highest BCUT2D eigenvalue weighted by atomic mass is 32.2. The van der Waals surface area contributed by atoms with Crippen molar-refractivity contribution in [2.24, 2.45) is 28.2 Å². The number of nitrogens with one attached hydrogen (secondary N) is 4. The standard InChI is InChI=1S/C22H21F2N7O4S.C22H20F2N6O4S.2C21H20F2N6O4S/c1-29-10-14(11-29)36(33,34)13-4-5-18(35-22(23)24)15(8-13)19-17(12-30(2)28-19)27-21(32)16-9-26-31-7-3-6-25-20(16)31;1-29-12-17(27-21(31)16-11-26-30-9-3-8-25-20(16)30)19(28-29)15-10-14(6-7-18(15)34-22(23)24)35(32,33)13-4-2-5-13;1-12(2)34(31,32)13-5-6-17(33-21(22)23)14(9-13)18-16(11-28(3)27-18)26-20(30)15-10-25-29-8-4-7-24-19(15)29;1-3-9-34(31,32)13-5-6-17(33-21(22)23)14(10-13)18-16(12-28(2)27-18)26-20(30)15-11-25-29-8-4-7-24-19(15)29/h3-9,12,14,22H,10-11H2,1-2H3,(H,27,32);3,6-13,22H,2,4-5H2,1H3,(H,27,31);4-12,21H,1-3H3,(H,26,30);4-8,10-12,21H,3,9H2,1-2H3,(H,26,30). The molecule has 53 heteroatoms. The number of alkyl halides is 8. The van der Waals surface area contributed by atoms with Gasteiger partial charge in [0.05, 0.1) is 88.6 Å². The summed E-state index contributed by atoms with van der Waals surface area (Å²) in [5.41, 5.74) is 2.89. The number of benzene rings is 4. The van der Waals surface area contributed by atoms with Gasteiger partial charge in [0.15, 0.2) is 61.9 Å². The zero-order valence-corrected chi connectivity index (χ0v) is 77.3. The van der Waals surface area contributed by atoms with E-state index in [4.69, 9.17) is 0 Å². The summed E-state index contributed by atoms with van der Waals surface area (Å²) in [5, 5.41) is 42.3. The molecule has 12 aromatic heterocycles. The Kier molecular flexibility index (Phi) is 28.5.